The molecule has 0 aliphatic rings. The smallest absolute Gasteiger partial charge is 0.273 e. The first-order valence-electron chi connectivity index (χ1n) is 8.00. The number of aromatic nitrogens is 1. The molecule has 0 saturated heterocycles. The average Bonchev–Trinajstić information content (AvgIpc) is 3.22. The number of para-hydroxylation sites is 1. The van der Waals surface area contributed by atoms with Gasteiger partial charge in [-0.25, -0.2) is 5.43 Å². The molecule has 1 amide bonds. The van der Waals surface area contributed by atoms with Crippen molar-refractivity contribution in [2.45, 2.75) is 0 Å². The van der Waals surface area contributed by atoms with Gasteiger partial charge >= 0.3 is 0 Å². The van der Waals surface area contributed by atoms with Crippen LogP contribution in [-0.4, -0.2) is 30.9 Å². The minimum atomic E-state index is -0.286. The first kappa shape index (κ1) is 17.3. The molecule has 3 aromatic rings. The Balaban J connectivity index is 1.75. The van der Waals surface area contributed by atoms with Gasteiger partial charge in [-0.1, -0.05) is 12.1 Å². The van der Waals surface area contributed by atoms with Crippen LogP contribution in [0, 0.1) is 0 Å². The van der Waals surface area contributed by atoms with Gasteiger partial charge in [-0.05, 0) is 48.0 Å². The summed E-state index contributed by atoms with van der Waals surface area (Å²) in [6.45, 7) is 0. The Morgan fingerprint density at radius 2 is 1.73 bits per heavy atom. The molecule has 0 radical (unpaired) electrons. The number of ether oxygens (including phenoxy) is 2. The molecule has 0 fully saturated rings. The molecule has 6 heteroatoms. The zero-order valence-corrected chi connectivity index (χ0v) is 14.5. The first-order valence-corrected chi connectivity index (χ1v) is 8.00. The van der Waals surface area contributed by atoms with Crippen molar-refractivity contribution in [3.05, 3.63) is 78.1 Å². The Labute approximate surface area is 151 Å². The molecule has 3 rings (SSSR count). The van der Waals surface area contributed by atoms with Gasteiger partial charge < -0.3 is 14.0 Å². The summed E-state index contributed by atoms with van der Waals surface area (Å²) in [5.41, 5.74) is 4.66. The number of nitrogens with one attached hydrogen (secondary N) is 1. The predicted molar refractivity (Wildman–Crippen MR) is 100 cm³/mol. The van der Waals surface area contributed by atoms with E-state index >= 15 is 0 Å². The summed E-state index contributed by atoms with van der Waals surface area (Å²) >= 11 is 0. The lowest BCUT2D eigenvalue weighted by Gasteiger charge is -2.09. The molecule has 1 aromatic heterocycles. The molecule has 2 aromatic carbocycles. The van der Waals surface area contributed by atoms with Gasteiger partial charge in [0.1, 0.15) is 0 Å². The van der Waals surface area contributed by atoms with Crippen molar-refractivity contribution in [2.24, 2.45) is 5.10 Å². The van der Waals surface area contributed by atoms with Crippen LogP contribution < -0.4 is 14.9 Å². The van der Waals surface area contributed by atoms with Crippen molar-refractivity contribution in [3.8, 4) is 17.2 Å². The number of nitrogens with zero attached hydrogens (tertiary/aromatic N) is 2. The molecule has 6 nitrogen and oxygen atoms in total. The van der Waals surface area contributed by atoms with E-state index < -0.39 is 0 Å². The SMILES string of the molecule is COc1ccc(/C=N\NC(=O)c2ccccc2-n2cccc2)cc1OC. The maximum Gasteiger partial charge on any atom is 0.273 e. The van der Waals surface area contributed by atoms with Crippen LogP contribution in [0.4, 0.5) is 0 Å². The fourth-order valence-corrected chi connectivity index (χ4v) is 2.54. The summed E-state index contributed by atoms with van der Waals surface area (Å²) in [5, 5.41) is 4.04. The number of rotatable bonds is 6. The van der Waals surface area contributed by atoms with Crippen LogP contribution in [0.25, 0.3) is 5.69 Å². The van der Waals surface area contributed by atoms with Crippen LogP contribution in [0.5, 0.6) is 11.5 Å². The molecule has 0 bridgehead atoms. The van der Waals surface area contributed by atoms with E-state index in [1.54, 1.807) is 38.6 Å². The second kappa shape index (κ2) is 8.02. The van der Waals surface area contributed by atoms with Crippen LogP contribution in [0.2, 0.25) is 0 Å². The largest absolute Gasteiger partial charge is 0.493 e. The maximum absolute atomic E-state index is 12.5. The minimum absolute atomic E-state index is 0.286. The molecule has 0 atom stereocenters. The highest BCUT2D eigenvalue weighted by atomic mass is 16.5. The highest BCUT2D eigenvalue weighted by molar-refractivity contribution is 5.98. The quantitative estimate of drug-likeness (QED) is 0.549. The zero-order chi connectivity index (χ0) is 18.4. The van der Waals surface area contributed by atoms with Crippen molar-refractivity contribution in [1.82, 2.24) is 9.99 Å². The molecule has 0 aliphatic carbocycles. The molecular weight excluding hydrogens is 330 g/mol. The van der Waals surface area contributed by atoms with E-state index in [2.05, 4.69) is 10.5 Å². The summed E-state index contributed by atoms with van der Waals surface area (Å²) in [6.07, 6.45) is 5.33. The number of methoxy groups -OCH3 is 2. The fraction of sp³-hybridized carbons (Fsp3) is 0.100. The van der Waals surface area contributed by atoms with Crippen molar-refractivity contribution in [1.29, 1.82) is 0 Å². The van der Waals surface area contributed by atoms with Crippen LogP contribution in [0.1, 0.15) is 15.9 Å². The third kappa shape index (κ3) is 3.75. The lowest BCUT2D eigenvalue weighted by molar-refractivity contribution is 0.0955. The van der Waals surface area contributed by atoms with E-state index in [1.165, 1.54) is 0 Å². The Hall–Kier alpha value is -3.54. The third-order valence-corrected chi connectivity index (χ3v) is 3.82. The predicted octanol–water partition coefficient (Wildman–Crippen LogP) is 3.26. The summed E-state index contributed by atoms with van der Waals surface area (Å²) < 4.78 is 12.3. The van der Waals surface area contributed by atoms with Gasteiger partial charge in [-0.2, -0.15) is 5.10 Å². The van der Waals surface area contributed by atoms with E-state index in [4.69, 9.17) is 9.47 Å². The van der Waals surface area contributed by atoms with E-state index in [0.29, 0.717) is 17.1 Å². The molecular formula is C20H19N3O3. The summed E-state index contributed by atoms with van der Waals surface area (Å²) in [4.78, 5) is 12.5. The highest BCUT2D eigenvalue weighted by Gasteiger charge is 2.11. The third-order valence-electron chi connectivity index (χ3n) is 3.82. The Morgan fingerprint density at radius 1 is 1.00 bits per heavy atom. The normalized spacial score (nSPS) is 10.7. The van der Waals surface area contributed by atoms with Crippen molar-refractivity contribution < 1.29 is 14.3 Å². The lowest BCUT2D eigenvalue weighted by Crippen LogP contribution is -2.19. The number of hydrazone groups is 1. The number of hydrogen-bond acceptors (Lipinski definition) is 4. The second-order valence-corrected chi connectivity index (χ2v) is 5.42. The van der Waals surface area contributed by atoms with E-state index in [1.807, 2.05) is 53.4 Å². The number of amides is 1. The van der Waals surface area contributed by atoms with Crippen LogP contribution in [0.3, 0.4) is 0 Å². The Kier molecular flexibility index (Phi) is 5.34. The lowest BCUT2D eigenvalue weighted by atomic mass is 10.1. The highest BCUT2D eigenvalue weighted by Crippen LogP contribution is 2.26. The van der Waals surface area contributed by atoms with Crippen molar-refractivity contribution in [3.63, 3.8) is 0 Å². The summed E-state index contributed by atoms with van der Waals surface area (Å²) in [5.74, 6) is 0.945. The first-order chi connectivity index (χ1) is 12.7. The van der Waals surface area contributed by atoms with Gasteiger partial charge in [0, 0.05) is 12.4 Å². The van der Waals surface area contributed by atoms with Gasteiger partial charge in [-0.15, -0.1) is 0 Å². The molecule has 0 saturated carbocycles. The van der Waals surface area contributed by atoms with Crippen molar-refractivity contribution >= 4 is 12.1 Å². The number of carbonyl (C=O) groups excluding carboxylic acids is 1. The minimum Gasteiger partial charge on any atom is -0.493 e. The molecule has 1 N–H and O–H groups in total. The van der Waals surface area contributed by atoms with Crippen molar-refractivity contribution in [2.75, 3.05) is 14.2 Å². The van der Waals surface area contributed by atoms with Crippen LogP contribution in [-0.2, 0) is 0 Å². The van der Waals surface area contributed by atoms with Gasteiger partial charge in [-0.3, -0.25) is 4.79 Å². The summed E-state index contributed by atoms with van der Waals surface area (Å²) in [6, 6.07) is 16.5. The van der Waals surface area contributed by atoms with E-state index in [0.717, 1.165) is 11.3 Å². The second-order valence-electron chi connectivity index (χ2n) is 5.42. The zero-order valence-electron chi connectivity index (χ0n) is 14.5. The fourth-order valence-electron chi connectivity index (χ4n) is 2.54. The van der Waals surface area contributed by atoms with Gasteiger partial charge in [0.15, 0.2) is 11.5 Å². The average molecular weight is 349 g/mol. The molecule has 1 heterocycles. The Morgan fingerprint density at radius 3 is 2.46 bits per heavy atom. The molecule has 0 aliphatic heterocycles. The standard InChI is InChI=1S/C20H19N3O3/c1-25-18-10-9-15(13-19(18)26-2)14-21-22-20(24)16-7-3-4-8-17(16)23-11-5-6-12-23/h3-14H,1-2H3,(H,22,24)/b21-14-. The number of hydrogen-bond donors (Lipinski definition) is 1. The molecule has 0 spiro atoms. The number of benzene rings is 2. The monoisotopic (exact) mass is 349 g/mol. The summed E-state index contributed by atoms with van der Waals surface area (Å²) in [7, 11) is 3.15. The molecule has 26 heavy (non-hydrogen) atoms. The van der Waals surface area contributed by atoms with E-state index in [-0.39, 0.29) is 5.91 Å². The Bertz CT molecular complexity index is 918. The molecule has 132 valence electrons. The van der Waals surface area contributed by atoms with Crippen LogP contribution in [0.15, 0.2) is 72.1 Å². The van der Waals surface area contributed by atoms with Gasteiger partial charge in [0.25, 0.3) is 5.91 Å². The maximum atomic E-state index is 12.5. The number of carbonyl (C=O) groups is 1. The molecule has 0 unspecified atom stereocenters. The topological polar surface area (TPSA) is 64.8 Å². The van der Waals surface area contributed by atoms with E-state index in [9.17, 15) is 4.79 Å². The van der Waals surface area contributed by atoms with Crippen LogP contribution >= 0.6 is 0 Å². The van der Waals surface area contributed by atoms with Gasteiger partial charge in [0.2, 0.25) is 0 Å². The van der Waals surface area contributed by atoms with Gasteiger partial charge in [0.05, 0.1) is 31.7 Å².